The second-order valence-electron chi connectivity index (χ2n) is 6.28. The molecule has 1 amide bonds. The van der Waals surface area contributed by atoms with Crippen molar-refractivity contribution in [3.63, 3.8) is 0 Å². The van der Waals surface area contributed by atoms with Crippen LogP contribution < -0.4 is 5.43 Å². The monoisotopic (exact) mass is 330 g/mol. The van der Waals surface area contributed by atoms with E-state index in [4.69, 9.17) is 0 Å². The topological polar surface area (TPSA) is 61.7 Å². The molecule has 0 aliphatic heterocycles. The standard InChI is InChI=1S/C21H18N2O2/c24-19-9-5-4-8-17(19)21(25)23-22-13-18-15-10-11-16(12-15)20(18)14-6-2-1-3-7-14/h1-11,13,15-16,24H,12H2,(H,23,25)/b22-13-/t15-,16-/m0/s1. The molecule has 2 N–H and O–H groups in total. The van der Waals surface area contributed by atoms with Crippen molar-refractivity contribution < 1.29 is 9.90 Å². The Morgan fingerprint density at radius 1 is 1.04 bits per heavy atom. The molecule has 2 aromatic rings. The lowest BCUT2D eigenvalue weighted by atomic mass is 9.92. The quantitative estimate of drug-likeness (QED) is 0.509. The Labute approximate surface area is 146 Å². The smallest absolute Gasteiger partial charge is 0.275 e. The number of nitrogens with one attached hydrogen (secondary N) is 1. The van der Waals surface area contributed by atoms with Crippen molar-refractivity contribution in [1.29, 1.82) is 0 Å². The van der Waals surface area contributed by atoms with Gasteiger partial charge in [0.1, 0.15) is 5.75 Å². The van der Waals surface area contributed by atoms with Crippen LogP contribution in [-0.4, -0.2) is 17.2 Å². The first-order valence-electron chi connectivity index (χ1n) is 8.33. The average Bonchev–Trinajstić information content (AvgIpc) is 3.24. The molecule has 0 saturated carbocycles. The van der Waals surface area contributed by atoms with E-state index in [-0.39, 0.29) is 11.3 Å². The van der Waals surface area contributed by atoms with E-state index in [0.29, 0.717) is 11.8 Å². The first-order valence-corrected chi connectivity index (χ1v) is 8.33. The predicted molar refractivity (Wildman–Crippen MR) is 98.2 cm³/mol. The second kappa shape index (κ2) is 6.40. The zero-order valence-corrected chi connectivity index (χ0v) is 13.6. The largest absolute Gasteiger partial charge is 0.507 e. The summed E-state index contributed by atoms with van der Waals surface area (Å²) >= 11 is 0. The highest BCUT2D eigenvalue weighted by Crippen LogP contribution is 2.47. The molecular formula is C21H18N2O2. The van der Waals surface area contributed by atoms with E-state index in [1.54, 1.807) is 24.4 Å². The van der Waals surface area contributed by atoms with Gasteiger partial charge in [0.05, 0.1) is 11.8 Å². The van der Waals surface area contributed by atoms with E-state index < -0.39 is 5.91 Å². The van der Waals surface area contributed by atoms with Gasteiger partial charge in [-0.25, -0.2) is 5.43 Å². The number of para-hydroxylation sites is 1. The van der Waals surface area contributed by atoms with E-state index >= 15 is 0 Å². The molecule has 124 valence electrons. The molecular weight excluding hydrogens is 312 g/mol. The van der Waals surface area contributed by atoms with E-state index in [2.05, 4.69) is 34.8 Å². The molecule has 0 radical (unpaired) electrons. The third-order valence-corrected chi connectivity index (χ3v) is 4.77. The Bertz CT molecular complexity index is 897. The number of benzene rings is 2. The number of rotatable bonds is 4. The molecule has 4 nitrogen and oxygen atoms in total. The van der Waals surface area contributed by atoms with E-state index in [9.17, 15) is 9.90 Å². The summed E-state index contributed by atoms with van der Waals surface area (Å²) in [7, 11) is 0. The van der Waals surface area contributed by atoms with Gasteiger partial charge in [0, 0.05) is 11.8 Å². The Hall–Kier alpha value is -3.14. The normalized spacial score (nSPS) is 21.3. The van der Waals surface area contributed by atoms with Crippen LogP contribution in [-0.2, 0) is 0 Å². The molecule has 0 aromatic heterocycles. The van der Waals surface area contributed by atoms with E-state index in [1.807, 2.05) is 18.2 Å². The highest BCUT2D eigenvalue weighted by atomic mass is 16.3. The minimum Gasteiger partial charge on any atom is -0.507 e. The third kappa shape index (κ3) is 2.87. The first kappa shape index (κ1) is 15.4. The van der Waals surface area contributed by atoms with Gasteiger partial charge in [-0.2, -0.15) is 5.10 Å². The molecule has 0 saturated heterocycles. The molecule has 0 spiro atoms. The number of hydrazone groups is 1. The molecule has 4 heteroatoms. The number of nitrogens with zero attached hydrogens (tertiary/aromatic N) is 1. The summed E-state index contributed by atoms with van der Waals surface area (Å²) in [5.74, 6) is 0.297. The molecule has 2 aromatic carbocycles. The number of phenols is 1. The van der Waals surface area contributed by atoms with Crippen LogP contribution in [0.4, 0.5) is 0 Å². The van der Waals surface area contributed by atoms with E-state index in [0.717, 1.165) is 12.0 Å². The summed E-state index contributed by atoms with van der Waals surface area (Å²) in [6, 6.07) is 16.7. The van der Waals surface area contributed by atoms with Crippen LogP contribution in [0.1, 0.15) is 22.3 Å². The number of carbonyl (C=O) groups excluding carboxylic acids is 1. The van der Waals surface area contributed by atoms with Crippen LogP contribution in [0, 0.1) is 11.8 Å². The number of phenolic OH excluding ortho intramolecular Hbond substituents is 1. The van der Waals surface area contributed by atoms with Crippen LogP contribution in [0.5, 0.6) is 5.75 Å². The van der Waals surface area contributed by atoms with Crippen molar-refractivity contribution in [3.05, 3.63) is 83.4 Å². The highest BCUT2D eigenvalue weighted by molar-refractivity contribution is 5.99. The number of allylic oxidation sites excluding steroid dienone is 4. The fourth-order valence-electron chi connectivity index (χ4n) is 3.61. The number of fused-ring (bicyclic) bond motifs is 2. The van der Waals surface area contributed by atoms with Crippen molar-refractivity contribution in [2.45, 2.75) is 6.42 Å². The van der Waals surface area contributed by atoms with Gasteiger partial charge in [0.15, 0.2) is 0 Å². The lowest BCUT2D eigenvalue weighted by molar-refractivity contribution is 0.0952. The number of hydrogen-bond acceptors (Lipinski definition) is 3. The number of hydrogen-bond donors (Lipinski definition) is 2. The van der Waals surface area contributed by atoms with E-state index in [1.165, 1.54) is 17.2 Å². The Morgan fingerprint density at radius 2 is 1.76 bits per heavy atom. The fraction of sp³-hybridized carbons (Fsp3) is 0.143. The lowest BCUT2D eigenvalue weighted by Gasteiger charge is -2.13. The third-order valence-electron chi connectivity index (χ3n) is 4.77. The van der Waals surface area contributed by atoms with Crippen molar-refractivity contribution in [3.8, 4) is 5.75 Å². The van der Waals surface area contributed by atoms with Crippen molar-refractivity contribution >= 4 is 17.7 Å². The lowest BCUT2D eigenvalue weighted by Crippen LogP contribution is -2.18. The molecule has 0 unspecified atom stereocenters. The molecule has 2 aliphatic carbocycles. The fourth-order valence-corrected chi connectivity index (χ4v) is 3.61. The van der Waals surface area contributed by atoms with Gasteiger partial charge in [-0.15, -0.1) is 0 Å². The minimum atomic E-state index is -0.421. The van der Waals surface area contributed by atoms with Gasteiger partial charge >= 0.3 is 0 Å². The molecule has 25 heavy (non-hydrogen) atoms. The maximum absolute atomic E-state index is 12.1. The zero-order chi connectivity index (χ0) is 17.2. The van der Waals surface area contributed by atoms with Gasteiger partial charge in [0.2, 0.25) is 0 Å². The first-order chi connectivity index (χ1) is 12.2. The van der Waals surface area contributed by atoms with Crippen LogP contribution in [0.3, 0.4) is 0 Å². The number of amides is 1. The van der Waals surface area contributed by atoms with Crippen molar-refractivity contribution in [1.82, 2.24) is 5.43 Å². The Morgan fingerprint density at radius 3 is 2.56 bits per heavy atom. The summed E-state index contributed by atoms with van der Waals surface area (Å²) in [5.41, 5.74) is 6.36. The van der Waals surface area contributed by atoms with Crippen molar-refractivity contribution in [2.24, 2.45) is 16.9 Å². The minimum absolute atomic E-state index is 0.0535. The maximum atomic E-state index is 12.1. The van der Waals surface area contributed by atoms with Gasteiger partial charge in [0.25, 0.3) is 5.91 Å². The number of aromatic hydroxyl groups is 1. The second-order valence-corrected chi connectivity index (χ2v) is 6.28. The summed E-state index contributed by atoms with van der Waals surface area (Å²) in [5, 5.41) is 13.9. The van der Waals surface area contributed by atoms with Gasteiger partial charge < -0.3 is 5.11 Å². The summed E-state index contributed by atoms with van der Waals surface area (Å²) in [4.78, 5) is 12.1. The molecule has 0 fully saturated rings. The van der Waals surface area contributed by atoms with Crippen LogP contribution in [0.2, 0.25) is 0 Å². The summed E-state index contributed by atoms with van der Waals surface area (Å²) in [6.45, 7) is 0. The number of carbonyl (C=O) groups is 1. The van der Waals surface area contributed by atoms with Crippen LogP contribution >= 0.6 is 0 Å². The Kier molecular flexibility index (Phi) is 3.94. The maximum Gasteiger partial charge on any atom is 0.275 e. The predicted octanol–water partition coefficient (Wildman–Crippen LogP) is 3.77. The molecule has 0 heterocycles. The summed E-state index contributed by atoms with van der Waals surface area (Å²) < 4.78 is 0. The van der Waals surface area contributed by atoms with Crippen LogP contribution in [0.25, 0.3) is 5.57 Å². The van der Waals surface area contributed by atoms with Gasteiger partial charge in [-0.05, 0) is 35.3 Å². The van der Waals surface area contributed by atoms with Gasteiger partial charge in [-0.1, -0.05) is 54.6 Å². The molecule has 2 bridgehead atoms. The zero-order valence-electron chi connectivity index (χ0n) is 13.6. The van der Waals surface area contributed by atoms with Gasteiger partial charge in [-0.3, -0.25) is 4.79 Å². The molecule has 4 rings (SSSR count). The van der Waals surface area contributed by atoms with Crippen molar-refractivity contribution in [2.75, 3.05) is 0 Å². The Balaban J connectivity index is 1.56. The highest BCUT2D eigenvalue weighted by Gasteiger charge is 2.34. The van der Waals surface area contributed by atoms with Crippen LogP contribution in [0.15, 0.2) is 77.4 Å². The molecule has 2 aliphatic rings. The summed E-state index contributed by atoms with van der Waals surface area (Å²) in [6.07, 6.45) is 7.28. The average molecular weight is 330 g/mol. The molecule has 2 atom stereocenters. The SMILES string of the molecule is O=C(N/N=C\C1=C(c2ccccc2)[C@H]2C=C[C@H]1C2)c1ccccc1O.